The van der Waals surface area contributed by atoms with E-state index >= 15 is 0 Å². The summed E-state index contributed by atoms with van der Waals surface area (Å²) in [7, 11) is 1.94. The van der Waals surface area contributed by atoms with Crippen molar-refractivity contribution >= 4 is 27.8 Å². The first-order valence-corrected chi connectivity index (χ1v) is 6.35. The third kappa shape index (κ3) is 1.64. The lowest BCUT2D eigenvalue weighted by Crippen LogP contribution is -1.88. The number of aromatic nitrogens is 3. The molecule has 0 aromatic carbocycles. The molecule has 0 atom stereocenters. The molecule has 5 heteroatoms. The van der Waals surface area contributed by atoms with E-state index in [4.69, 9.17) is 0 Å². The number of aldehydes is 1. The summed E-state index contributed by atoms with van der Waals surface area (Å²) in [5.74, 6) is 0. The molecule has 3 heterocycles. The maximum Gasteiger partial charge on any atom is 0.151 e. The van der Waals surface area contributed by atoms with Gasteiger partial charge in [-0.3, -0.25) is 14.5 Å². The lowest BCUT2D eigenvalue weighted by molar-refractivity contribution is 0.112. The van der Waals surface area contributed by atoms with Crippen molar-refractivity contribution in [3.05, 3.63) is 35.7 Å². The van der Waals surface area contributed by atoms with Gasteiger partial charge in [-0.25, -0.2) is 0 Å². The number of pyridine rings is 1. The van der Waals surface area contributed by atoms with Crippen LogP contribution in [0.15, 0.2) is 24.4 Å². The average Bonchev–Trinajstić information content (AvgIpc) is 2.93. The number of carbonyl (C=O) groups excluding carboxylic acids is 1. The Balaban J connectivity index is 2.13. The number of carbonyl (C=O) groups is 1. The quantitative estimate of drug-likeness (QED) is 0.663. The van der Waals surface area contributed by atoms with E-state index < -0.39 is 0 Å². The molecular formula is C13H11N3OS. The molecule has 0 aliphatic rings. The van der Waals surface area contributed by atoms with Gasteiger partial charge in [0.15, 0.2) is 6.29 Å². The van der Waals surface area contributed by atoms with E-state index in [0.29, 0.717) is 5.56 Å². The van der Waals surface area contributed by atoms with Gasteiger partial charge in [0.25, 0.3) is 0 Å². The fraction of sp³-hybridized carbons (Fsp3) is 0.154. The van der Waals surface area contributed by atoms with E-state index in [1.54, 1.807) is 23.6 Å². The number of fused-ring (bicyclic) bond motifs is 1. The van der Waals surface area contributed by atoms with E-state index in [9.17, 15) is 4.79 Å². The number of rotatable bonds is 2. The summed E-state index contributed by atoms with van der Waals surface area (Å²) in [6, 6.07) is 5.76. The predicted molar refractivity (Wildman–Crippen MR) is 71.9 cm³/mol. The van der Waals surface area contributed by atoms with Gasteiger partial charge in [-0.15, -0.1) is 11.3 Å². The normalized spacial score (nSPS) is 11.0. The van der Waals surface area contributed by atoms with Crippen LogP contribution in [0.4, 0.5) is 0 Å². The predicted octanol–water partition coefficient (Wildman–Crippen LogP) is 2.82. The second-order valence-corrected chi connectivity index (χ2v) is 5.16. The molecular weight excluding hydrogens is 246 g/mol. The van der Waals surface area contributed by atoms with Crippen molar-refractivity contribution in [1.29, 1.82) is 0 Å². The zero-order valence-electron chi connectivity index (χ0n) is 10.0. The zero-order chi connectivity index (χ0) is 12.7. The molecule has 3 aromatic heterocycles. The number of hydrogen-bond acceptors (Lipinski definition) is 4. The Morgan fingerprint density at radius 2 is 2.22 bits per heavy atom. The molecule has 18 heavy (non-hydrogen) atoms. The van der Waals surface area contributed by atoms with E-state index in [1.165, 1.54) is 5.39 Å². The molecule has 0 spiro atoms. The fourth-order valence-electron chi connectivity index (χ4n) is 1.95. The molecule has 0 N–H and O–H groups in total. The Hall–Kier alpha value is -2.01. The molecule has 3 rings (SSSR count). The molecule has 3 aromatic rings. The highest BCUT2D eigenvalue weighted by Crippen LogP contribution is 2.33. The molecule has 0 unspecified atom stereocenters. The van der Waals surface area contributed by atoms with Gasteiger partial charge < -0.3 is 0 Å². The first-order chi connectivity index (χ1) is 8.69. The van der Waals surface area contributed by atoms with Crippen LogP contribution in [0.5, 0.6) is 0 Å². The van der Waals surface area contributed by atoms with Crippen molar-refractivity contribution in [3.8, 4) is 10.6 Å². The van der Waals surface area contributed by atoms with Gasteiger partial charge in [0.05, 0.1) is 16.3 Å². The number of aryl methyl sites for hydroxylation is 2. The SMILES string of the molecule is Cc1nn(C)c2sc(-c3ccc(C=O)cn3)cc12. The average molecular weight is 257 g/mol. The van der Waals surface area contributed by atoms with E-state index in [2.05, 4.69) is 16.1 Å². The lowest BCUT2D eigenvalue weighted by atomic mass is 10.2. The molecule has 0 aliphatic carbocycles. The van der Waals surface area contributed by atoms with Crippen LogP contribution in [0.25, 0.3) is 20.8 Å². The molecule has 0 saturated heterocycles. The van der Waals surface area contributed by atoms with Crippen LogP contribution >= 0.6 is 11.3 Å². The molecule has 0 fully saturated rings. The second kappa shape index (κ2) is 4.03. The van der Waals surface area contributed by atoms with Crippen molar-refractivity contribution in [3.63, 3.8) is 0 Å². The molecule has 0 radical (unpaired) electrons. The fourth-order valence-corrected chi connectivity index (χ4v) is 3.05. The van der Waals surface area contributed by atoms with Gasteiger partial charge in [0.2, 0.25) is 0 Å². The summed E-state index contributed by atoms with van der Waals surface area (Å²) in [6.07, 6.45) is 2.40. The highest BCUT2D eigenvalue weighted by Gasteiger charge is 2.11. The van der Waals surface area contributed by atoms with Crippen molar-refractivity contribution in [2.75, 3.05) is 0 Å². The number of nitrogens with zero attached hydrogens (tertiary/aromatic N) is 3. The molecule has 90 valence electrons. The van der Waals surface area contributed by atoms with E-state index in [1.807, 2.05) is 24.7 Å². The third-order valence-electron chi connectivity index (χ3n) is 2.87. The Morgan fingerprint density at radius 1 is 1.39 bits per heavy atom. The highest BCUT2D eigenvalue weighted by molar-refractivity contribution is 7.21. The molecule has 0 aliphatic heterocycles. The Kier molecular flexibility index (Phi) is 2.48. The monoisotopic (exact) mass is 257 g/mol. The Bertz CT molecular complexity index is 690. The summed E-state index contributed by atoms with van der Waals surface area (Å²) in [5, 5.41) is 5.54. The van der Waals surface area contributed by atoms with Gasteiger partial charge >= 0.3 is 0 Å². The van der Waals surface area contributed by atoms with Gasteiger partial charge in [-0.2, -0.15) is 5.10 Å². The smallest absolute Gasteiger partial charge is 0.151 e. The van der Waals surface area contributed by atoms with Crippen LogP contribution in [0.3, 0.4) is 0 Å². The second-order valence-electron chi connectivity index (χ2n) is 4.13. The van der Waals surface area contributed by atoms with Crippen LogP contribution in [0.2, 0.25) is 0 Å². The van der Waals surface area contributed by atoms with Crippen LogP contribution in [-0.2, 0) is 7.05 Å². The number of hydrogen-bond donors (Lipinski definition) is 0. The maximum atomic E-state index is 10.6. The van der Waals surface area contributed by atoms with Crippen molar-refractivity contribution in [2.24, 2.45) is 7.05 Å². The van der Waals surface area contributed by atoms with Crippen LogP contribution in [0.1, 0.15) is 16.1 Å². The zero-order valence-corrected chi connectivity index (χ0v) is 10.9. The minimum atomic E-state index is 0.595. The Labute approximate surface area is 108 Å². The topological polar surface area (TPSA) is 47.8 Å². The first-order valence-electron chi connectivity index (χ1n) is 5.54. The molecule has 0 saturated carbocycles. The largest absolute Gasteiger partial charge is 0.298 e. The van der Waals surface area contributed by atoms with Gasteiger partial charge in [-0.1, -0.05) is 0 Å². The summed E-state index contributed by atoms with van der Waals surface area (Å²) in [6.45, 7) is 2.00. The highest BCUT2D eigenvalue weighted by atomic mass is 32.1. The first kappa shape index (κ1) is 11.1. The van der Waals surface area contributed by atoms with Crippen molar-refractivity contribution in [1.82, 2.24) is 14.8 Å². The summed E-state index contributed by atoms with van der Waals surface area (Å²) in [5.41, 5.74) is 2.51. The molecule has 4 nitrogen and oxygen atoms in total. The van der Waals surface area contributed by atoms with Crippen LogP contribution < -0.4 is 0 Å². The minimum Gasteiger partial charge on any atom is -0.298 e. The van der Waals surface area contributed by atoms with Crippen molar-refractivity contribution < 1.29 is 4.79 Å². The summed E-state index contributed by atoms with van der Waals surface area (Å²) in [4.78, 5) is 17.1. The van der Waals surface area contributed by atoms with Crippen LogP contribution in [-0.4, -0.2) is 21.1 Å². The van der Waals surface area contributed by atoms with E-state index in [-0.39, 0.29) is 0 Å². The van der Waals surface area contributed by atoms with Gasteiger partial charge in [0, 0.05) is 24.2 Å². The van der Waals surface area contributed by atoms with Gasteiger partial charge in [-0.05, 0) is 25.1 Å². The lowest BCUT2D eigenvalue weighted by Gasteiger charge is -1.96. The van der Waals surface area contributed by atoms with Crippen molar-refractivity contribution in [2.45, 2.75) is 6.92 Å². The van der Waals surface area contributed by atoms with Gasteiger partial charge in [0.1, 0.15) is 4.83 Å². The number of thiophene rings is 1. The van der Waals surface area contributed by atoms with Crippen LogP contribution in [0, 0.1) is 6.92 Å². The summed E-state index contributed by atoms with van der Waals surface area (Å²) < 4.78 is 1.89. The Morgan fingerprint density at radius 3 is 2.83 bits per heavy atom. The van der Waals surface area contributed by atoms with E-state index in [0.717, 1.165) is 27.4 Å². The third-order valence-corrected chi connectivity index (χ3v) is 4.10. The standard InChI is InChI=1S/C13H11N3OS/c1-8-10-5-12(18-13(10)16(2)15-8)11-4-3-9(7-17)6-14-11/h3-7H,1-2H3. The molecule has 0 bridgehead atoms. The maximum absolute atomic E-state index is 10.6. The summed E-state index contributed by atoms with van der Waals surface area (Å²) >= 11 is 1.66. The molecule has 0 amide bonds. The minimum absolute atomic E-state index is 0.595.